The van der Waals surface area contributed by atoms with E-state index in [1.807, 2.05) is 24.3 Å². The predicted molar refractivity (Wildman–Crippen MR) is 86.6 cm³/mol. The number of urea groups is 1. The Hall–Kier alpha value is -2.60. The van der Waals surface area contributed by atoms with Gasteiger partial charge in [0.05, 0.1) is 16.3 Å². The molecule has 0 unspecified atom stereocenters. The maximum atomic E-state index is 11.9. The topological polar surface area (TPSA) is 80.5 Å². The fourth-order valence-electron chi connectivity index (χ4n) is 2.48. The van der Waals surface area contributed by atoms with Gasteiger partial charge in [-0.05, 0) is 35.4 Å². The van der Waals surface area contributed by atoms with Crippen molar-refractivity contribution in [2.75, 3.05) is 11.2 Å². The summed E-state index contributed by atoms with van der Waals surface area (Å²) in [5.41, 5.74) is 8.21. The summed E-state index contributed by atoms with van der Waals surface area (Å²) in [4.78, 5) is 13.5. The van der Waals surface area contributed by atoms with Crippen LogP contribution in [0.2, 0.25) is 0 Å². The zero-order valence-electron chi connectivity index (χ0n) is 11.9. The number of hydrogen-bond acceptors (Lipinski definition) is 3. The lowest BCUT2D eigenvalue weighted by Crippen LogP contribution is -2.32. The van der Waals surface area contributed by atoms with E-state index >= 15 is 0 Å². The molecule has 0 spiro atoms. The Morgan fingerprint density at radius 1 is 1.00 bits per heavy atom. The zero-order valence-corrected chi connectivity index (χ0v) is 12.7. The van der Waals surface area contributed by atoms with E-state index in [1.165, 1.54) is 11.0 Å². The fraction of sp³-hybridized carbons (Fsp3) is 0.0625. The number of rotatable bonds is 1. The number of benzene rings is 2. The second kappa shape index (κ2) is 4.99. The first-order chi connectivity index (χ1) is 10.4. The third-order valence-electron chi connectivity index (χ3n) is 3.51. The largest absolute Gasteiger partial charge is 0.351 e. The number of amides is 2. The van der Waals surface area contributed by atoms with Gasteiger partial charge in [-0.3, -0.25) is 4.90 Å². The summed E-state index contributed by atoms with van der Waals surface area (Å²) >= 11 is 0. The Morgan fingerprint density at radius 3 is 2.32 bits per heavy atom. The summed E-state index contributed by atoms with van der Waals surface area (Å²) < 4.78 is 23.4. The number of carbonyl (C=O) groups is 1. The summed E-state index contributed by atoms with van der Waals surface area (Å²) in [7, 11) is -3.32. The van der Waals surface area contributed by atoms with Crippen LogP contribution in [-0.2, 0) is 9.84 Å². The van der Waals surface area contributed by atoms with Gasteiger partial charge in [-0.15, -0.1) is 0 Å². The van der Waals surface area contributed by atoms with Crippen LogP contribution in [0.25, 0.3) is 12.2 Å². The molecule has 0 aromatic heterocycles. The average molecular weight is 314 g/mol. The highest BCUT2D eigenvalue weighted by molar-refractivity contribution is 7.90. The molecule has 0 bridgehead atoms. The molecule has 2 amide bonds. The molecule has 1 heterocycles. The molecule has 1 aliphatic heterocycles. The number of anilines is 2. The second-order valence-corrected chi connectivity index (χ2v) is 7.07. The molecule has 2 aromatic rings. The van der Waals surface area contributed by atoms with Crippen LogP contribution in [0.15, 0.2) is 47.4 Å². The molecule has 22 heavy (non-hydrogen) atoms. The lowest BCUT2D eigenvalue weighted by Gasteiger charge is -2.23. The van der Waals surface area contributed by atoms with Gasteiger partial charge in [-0.1, -0.05) is 30.4 Å². The Morgan fingerprint density at radius 2 is 1.64 bits per heavy atom. The maximum absolute atomic E-state index is 11.9. The van der Waals surface area contributed by atoms with Crippen molar-refractivity contribution in [2.24, 2.45) is 5.73 Å². The van der Waals surface area contributed by atoms with Gasteiger partial charge in [0, 0.05) is 6.26 Å². The number of primary amides is 1. The van der Waals surface area contributed by atoms with E-state index in [4.69, 9.17) is 5.73 Å². The lowest BCUT2D eigenvalue weighted by molar-refractivity contribution is 0.256. The highest BCUT2D eigenvalue weighted by Crippen LogP contribution is 2.36. The van der Waals surface area contributed by atoms with Crippen molar-refractivity contribution in [1.82, 2.24) is 0 Å². The second-order valence-electron chi connectivity index (χ2n) is 5.06. The number of nitrogens with zero attached hydrogens (tertiary/aromatic N) is 1. The number of fused-ring (bicyclic) bond motifs is 2. The third kappa shape index (κ3) is 2.37. The van der Waals surface area contributed by atoms with Crippen molar-refractivity contribution < 1.29 is 13.2 Å². The SMILES string of the molecule is CS(=O)(=O)c1ccc2c(c1)C=Cc1ccccc1N2C(N)=O. The van der Waals surface area contributed by atoms with Crippen LogP contribution in [-0.4, -0.2) is 20.7 Å². The monoisotopic (exact) mass is 314 g/mol. The van der Waals surface area contributed by atoms with Crippen molar-refractivity contribution in [3.05, 3.63) is 53.6 Å². The van der Waals surface area contributed by atoms with Crippen LogP contribution in [0, 0.1) is 0 Å². The quantitative estimate of drug-likeness (QED) is 0.879. The summed E-state index contributed by atoms with van der Waals surface area (Å²) in [6.45, 7) is 0. The lowest BCUT2D eigenvalue weighted by atomic mass is 10.1. The van der Waals surface area contributed by atoms with E-state index in [2.05, 4.69) is 0 Å². The third-order valence-corrected chi connectivity index (χ3v) is 4.62. The van der Waals surface area contributed by atoms with Crippen LogP contribution in [0.5, 0.6) is 0 Å². The van der Waals surface area contributed by atoms with Gasteiger partial charge in [-0.2, -0.15) is 0 Å². The van der Waals surface area contributed by atoms with Crippen molar-refractivity contribution in [3.63, 3.8) is 0 Å². The average Bonchev–Trinajstić information content (AvgIpc) is 2.62. The Balaban J connectivity index is 2.28. The maximum Gasteiger partial charge on any atom is 0.323 e. The highest BCUT2D eigenvalue weighted by atomic mass is 32.2. The van der Waals surface area contributed by atoms with E-state index in [0.29, 0.717) is 16.9 Å². The molecular weight excluding hydrogens is 300 g/mol. The van der Waals surface area contributed by atoms with Crippen LogP contribution in [0.1, 0.15) is 11.1 Å². The minimum Gasteiger partial charge on any atom is -0.351 e. The van der Waals surface area contributed by atoms with Crippen LogP contribution < -0.4 is 10.6 Å². The first-order valence-electron chi connectivity index (χ1n) is 6.59. The Labute approximate surface area is 128 Å². The van der Waals surface area contributed by atoms with E-state index in [0.717, 1.165) is 11.8 Å². The van der Waals surface area contributed by atoms with Crippen molar-refractivity contribution in [1.29, 1.82) is 0 Å². The molecule has 112 valence electrons. The van der Waals surface area contributed by atoms with Crippen LogP contribution in [0.3, 0.4) is 0 Å². The van der Waals surface area contributed by atoms with Gasteiger partial charge in [0.1, 0.15) is 0 Å². The normalized spacial score (nSPS) is 13.2. The van der Waals surface area contributed by atoms with Gasteiger partial charge < -0.3 is 5.73 Å². The number of hydrogen-bond donors (Lipinski definition) is 1. The number of sulfone groups is 1. The summed E-state index contributed by atoms with van der Waals surface area (Å²) in [6.07, 6.45) is 4.77. The summed E-state index contributed by atoms with van der Waals surface area (Å²) in [5, 5.41) is 0. The molecule has 2 aromatic carbocycles. The molecule has 2 N–H and O–H groups in total. The van der Waals surface area contributed by atoms with Crippen LogP contribution in [0.4, 0.5) is 16.2 Å². The smallest absolute Gasteiger partial charge is 0.323 e. The van der Waals surface area contributed by atoms with Crippen LogP contribution >= 0.6 is 0 Å². The Kier molecular flexibility index (Phi) is 3.26. The zero-order chi connectivity index (χ0) is 15.9. The first-order valence-corrected chi connectivity index (χ1v) is 8.48. The molecule has 0 atom stereocenters. The first kappa shape index (κ1) is 14.3. The van der Waals surface area contributed by atoms with Gasteiger partial charge in [0.2, 0.25) is 0 Å². The predicted octanol–water partition coefficient (Wildman–Crippen LogP) is 2.79. The van der Waals surface area contributed by atoms with Crippen molar-refractivity contribution in [2.45, 2.75) is 4.90 Å². The minimum absolute atomic E-state index is 0.200. The molecule has 1 aliphatic rings. The molecule has 0 saturated heterocycles. The van der Waals surface area contributed by atoms with Gasteiger partial charge in [-0.25, -0.2) is 13.2 Å². The van der Waals surface area contributed by atoms with Crippen molar-refractivity contribution >= 4 is 39.4 Å². The Bertz CT molecular complexity index is 901. The summed E-state index contributed by atoms with van der Waals surface area (Å²) in [6, 6.07) is 11.3. The molecule has 0 fully saturated rings. The van der Waals surface area contributed by atoms with E-state index in [-0.39, 0.29) is 4.90 Å². The van der Waals surface area contributed by atoms with Gasteiger partial charge >= 0.3 is 6.03 Å². The molecule has 0 saturated carbocycles. The molecule has 0 aliphatic carbocycles. The van der Waals surface area contributed by atoms with E-state index < -0.39 is 15.9 Å². The van der Waals surface area contributed by atoms with E-state index in [1.54, 1.807) is 24.3 Å². The highest BCUT2D eigenvalue weighted by Gasteiger charge is 2.23. The molecule has 0 radical (unpaired) electrons. The number of para-hydroxylation sites is 1. The number of carbonyl (C=O) groups excluding carboxylic acids is 1. The standard InChI is InChI=1S/C16H14N2O3S/c1-22(20,21)13-8-9-15-12(10-13)7-6-11-4-2-3-5-14(11)18(15)16(17)19/h2-10H,1H3,(H2,17,19). The fourth-order valence-corrected chi connectivity index (χ4v) is 3.14. The summed E-state index contributed by atoms with van der Waals surface area (Å²) in [5.74, 6) is 0. The molecular formula is C16H14N2O3S. The van der Waals surface area contributed by atoms with E-state index in [9.17, 15) is 13.2 Å². The van der Waals surface area contributed by atoms with Gasteiger partial charge in [0.15, 0.2) is 9.84 Å². The molecule has 3 rings (SSSR count). The minimum atomic E-state index is -3.32. The van der Waals surface area contributed by atoms with Gasteiger partial charge in [0.25, 0.3) is 0 Å². The number of nitrogens with two attached hydrogens (primary N) is 1. The molecule has 6 heteroatoms. The van der Waals surface area contributed by atoms with Crippen molar-refractivity contribution in [3.8, 4) is 0 Å². The molecule has 5 nitrogen and oxygen atoms in total.